The van der Waals surface area contributed by atoms with E-state index >= 15 is 0 Å². The van der Waals surface area contributed by atoms with Gasteiger partial charge in [-0.1, -0.05) is 60.6 Å². The summed E-state index contributed by atoms with van der Waals surface area (Å²) >= 11 is 0. The molecule has 1 unspecified atom stereocenters. The molecule has 5 nitrogen and oxygen atoms in total. The van der Waals surface area contributed by atoms with Crippen molar-refractivity contribution in [2.75, 3.05) is 26.7 Å². The Balaban J connectivity index is 0.00000432. The number of phenolic OH excluding ortho intramolecular Hbond substituents is 1. The van der Waals surface area contributed by atoms with Gasteiger partial charge in [0.1, 0.15) is 24.4 Å². The molecule has 0 saturated carbocycles. The van der Waals surface area contributed by atoms with Crippen LogP contribution in [0.3, 0.4) is 0 Å². The van der Waals surface area contributed by atoms with Gasteiger partial charge >= 0.3 is 0 Å². The number of nitrogens with zero attached hydrogens (tertiary/aromatic N) is 1. The molecule has 0 amide bonds. The van der Waals surface area contributed by atoms with Crippen molar-refractivity contribution in [1.29, 1.82) is 0 Å². The number of hydrogen-bond acceptors (Lipinski definition) is 5. The fraction of sp³-hybridized carbons (Fsp3) is 0.517. The third-order valence-electron chi connectivity index (χ3n) is 6.35. The van der Waals surface area contributed by atoms with Crippen LogP contribution in [-0.2, 0) is 22.0 Å². The Morgan fingerprint density at radius 2 is 1.57 bits per heavy atom. The predicted molar refractivity (Wildman–Crippen MR) is 147 cm³/mol. The number of ether oxygens (including phenoxy) is 2. The third kappa shape index (κ3) is 7.55. The fourth-order valence-corrected chi connectivity index (χ4v) is 3.97. The highest BCUT2D eigenvalue weighted by atomic mass is 35.5. The first-order valence-electron chi connectivity index (χ1n) is 12.3. The first kappa shape index (κ1) is 28.9. The van der Waals surface area contributed by atoms with Crippen LogP contribution in [0.1, 0.15) is 76.9 Å². The van der Waals surface area contributed by atoms with Crippen molar-refractivity contribution >= 4 is 12.4 Å². The average molecular weight is 503 g/mol. The Morgan fingerprint density at radius 3 is 2.09 bits per heavy atom. The summed E-state index contributed by atoms with van der Waals surface area (Å²) in [5.41, 5.74) is 4.69. The van der Waals surface area contributed by atoms with Gasteiger partial charge in [0.05, 0.1) is 5.70 Å². The van der Waals surface area contributed by atoms with E-state index in [2.05, 4.69) is 90.0 Å². The molecular weight excluding hydrogens is 460 g/mol. The monoisotopic (exact) mass is 502 g/mol. The van der Waals surface area contributed by atoms with Gasteiger partial charge in [0.25, 0.3) is 0 Å². The molecule has 1 aliphatic rings. The fourth-order valence-electron chi connectivity index (χ4n) is 3.97. The molecule has 2 N–H and O–H groups in total. The number of rotatable bonds is 8. The maximum atomic E-state index is 11.0. The molecule has 0 aromatic heterocycles. The number of benzene rings is 2. The van der Waals surface area contributed by atoms with E-state index in [9.17, 15) is 5.11 Å². The van der Waals surface area contributed by atoms with Crippen molar-refractivity contribution < 1.29 is 14.6 Å². The van der Waals surface area contributed by atoms with Crippen LogP contribution in [0.2, 0.25) is 0 Å². The lowest BCUT2D eigenvalue weighted by Gasteiger charge is -2.29. The third-order valence-corrected chi connectivity index (χ3v) is 6.35. The summed E-state index contributed by atoms with van der Waals surface area (Å²) in [7, 11) is 2.14. The van der Waals surface area contributed by atoms with E-state index < -0.39 is 0 Å². The Morgan fingerprint density at radius 1 is 1.00 bits per heavy atom. The predicted octanol–water partition coefficient (Wildman–Crippen LogP) is 6.44. The standard InChI is InChI=1S/C29H42N2O3.ClH/c1-9-31(8)15-14-20-10-12-23(13-11-20)33-18-22-19-34-27(30-22)21-16-24(28(2,3)4)26(32)25(17-21)29(5,6)7;/h10-13,16-17,19,27,30,32H,9,14-15,18H2,1-8H3;1H. The molecule has 2 aromatic rings. The van der Waals surface area contributed by atoms with Crippen LogP contribution >= 0.6 is 12.4 Å². The summed E-state index contributed by atoms with van der Waals surface area (Å²) in [4.78, 5) is 2.31. The van der Waals surface area contributed by atoms with Crippen LogP contribution in [0.5, 0.6) is 11.5 Å². The second kappa shape index (κ2) is 11.6. The van der Waals surface area contributed by atoms with Gasteiger partial charge in [-0.2, -0.15) is 0 Å². The minimum absolute atomic E-state index is 0. The SMILES string of the molecule is CCN(C)CCc1ccc(OCC2=COC(c3cc(C(C)(C)C)c(O)c(C(C)(C)C)c3)N2)cc1.Cl. The van der Waals surface area contributed by atoms with Gasteiger partial charge in [0.15, 0.2) is 6.23 Å². The molecule has 0 bridgehead atoms. The van der Waals surface area contributed by atoms with Crippen LogP contribution in [0.25, 0.3) is 0 Å². The number of halogens is 1. The highest BCUT2D eigenvalue weighted by Gasteiger charge is 2.29. The minimum atomic E-state index is -0.306. The van der Waals surface area contributed by atoms with E-state index in [1.807, 2.05) is 12.1 Å². The van der Waals surface area contributed by atoms with Gasteiger partial charge in [0.2, 0.25) is 0 Å². The molecule has 194 valence electrons. The molecule has 0 saturated heterocycles. The quantitative estimate of drug-likeness (QED) is 0.435. The van der Waals surface area contributed by atoms with Crippen LogP contribution < -0.4 is 10.1 Å². The summed E-state index contributed by atoms with van der Waals surface area (Å²) < 4.78 is 11.9. The van der Waals surface area contributed by atoms with Crippen LogP contribution in [-0.4, -0.2) is 36.8 Å². The maximum absolute atomic E-state index is 11.0. The second-order valence-corrected chi connectivity index (χ2v) is 11.3. The van der Waals surface area contributed by atoms with Crippen molar-refractivity contribution in [1.82, 2.24) is 10.2 Å². The van der Waals surface area contributed by atoms with Gasteiger partial charge in [-0.3, -0.25) is 0 Å². The molecule has 0 fully saturated rings. The van der Waals surface area contributed by atoms with Crippen LogP contribution in [0.15, 0.2) is 48.4 Å². The number of likely N-dealkylation sites (N-methyl/N-ethyl adjacent to an activating group) is 1. The van der Waals surface area contributed by atoms with Crippen LogP contribution in [0, 0.1) is 0 Å². The number of nitrogens with one attached hydrogen (secondary N) is 1. The topological polar surface area (TPSA) is 54.0 Å². The summed E-state index contributed by atoms with van der Waals surface area (Å²) in [5.74, 6) is 1.22. The molecule has 0 radical (unpaired) electrons. The van der Waals surface area contributed by atoms with Crippen molar-refractivity contribution in [3.63, 3.8) is 0 Å². The van der Waals surface area contributed by atoms with E-state index in [1.54, 1.807) is 6.26 Å². The normalized spacial score (nSPS) is 15.8. The molecule has 6 heteroatoms. The van der Waals surface area contributed by atoms with E-state index in [-0.39, 0.29) is 29.5 Å². The molecular formula is C29H43ClN2O3. The zero-order valence-electron chi connectivity index (χ0n) is 22.6. The number of hydrogen-bond donors (Lipinski definition) is 2. The Bertz CT molecular complexity index is 969. The molecule has 0 spiro atoms. The highest BCUT2D eigenvalue weighted by molar-refractivity contribution is 5.85. The maximum Gasteiger partial charge on any atom is 0.195 e. The van der Waals surface area contributed by atoms with E-state index in [0.29, 0.717) is 12.4 Å². The first-order valence-corrected chi connectivity index (χ1v) is 12.3. The molecule has 1 atom stereocenters. The number of phenols is 1. The summed E-state index contributed by atoms with van der Waals surface area (Å²) in [6, 6.07) is 12.4. The van der Waals surface area contributed by atoms with Crippen LogP contribution in [0.4, 0.5) is 0 Å². The molecule has 2 aromatic carbocycles. The largest absolute Gasteiger partial charge is 0.507 e. The molecule has 1 heterocycles. The Labute approximate surface area is 217 Å². The lowest BCUT2D eigenvalue weighted by Crippen LogP contribution is -2.22. The van der Waals surface area contributed by atoms with Crippen molar-refractivity contribution in [2.24, 2.45) is 0 Å². The molecule has 3 rings (SSSR count). The second-order valence-electron chi connectivity index (χ2n) is 11.3. The summed E-state index contributed by atoms with van der Waals surface area (Å²) in [5, 5.41) is 14.4. The molecule has 0 aliphatic carbocycles. The highest BCUT2D eigenvalue weighted by Crippen LogP contribution is 2.41. The van der Waals surface area contributed by atoms with E-state index in [1.165, 1.54) is 5.56 Å². The van der Waals surface area contributed by atoms with Gasteiger partial charge in [-0.15, -0.1) is 12.4 Å². The van der Waals surface area contributed by atoms with Gasteiger partial charge in [-0.05, 0) is 60.7 Å². The number of aromatic hydroxyl groups is 1. The Hall–Kier alpha value is -2.37. The lowest BCUT2D eigenvalue weighted by atomic mass is 9.78. The zero-order chi connectivity index (χ0) is 25.1. The van der Waals surface area contributed by atoms with Crippen molar-refractivity contribution in [3.8, 4) is 11.5 Å². The smallest absolute Gasteiger partial charge is 0.195 e. The van der Waals surface area contributed by atoms with Crippen molar-refractivity contribution in [3.05, 3.63) is 70.6 Å². The average Bonchev–Trinajstić information content (AvgIpc) is 3.24. The lowest BCUT2D eigenvalue weighted by molar-refractivity contribution is 0.153. The van der Waals surface area contributed by atoms with E-state index in [0.717, 1.165) is 47.6 Å². The summed E-state index contributed by atoms with van der Waals surface area (Å²) in [6.45, 7) is 17.4. The summed E-state index contributed by atoms with van der Waals surface area (Å²) in [6.07, 6.45) is 2.46. The van der Waals surface area contributed by atoms with Gasteiger partial charge in [-0.25, -0.2) is 0 Å². The van der Waals surface area contributed by atoms with Crippen molar-refractivity contribution in [2.45, 2.75) is 71.9 Å². The van der Waals surface area contributed by atoms with Gasteiger partial charge < -0.3 is 24.8 Å². The Kier molecular flexibility index (Phi) is 9.55. The molecule has 1 aliphatic heterocycles. The van der Waals surface area contributed by atoms with E-state index in [4.69, 9.17) is 9.47 Å². The first-order chi connectivity index (χ1) is 15.9. The van der Waals surface area contributed by atoms with Gasteiger partial charge in [0, 0.05) is 23.2 Å². The zero-order valence-corrected chi connectivity index (χ0v) is 23.4. The minimum Gasteiger partial charge on any atom is -0.507 e. The molecule has 35 heavy (non-hydrogen) atoms.